The Morgan fingerprint density at radius 2 is 1.70 bits per heavy atom. The molecule has 0 spiro atoms. The summed E-state index contributed by atoms with van der Waals surface area (Å²) >= 11 is 3.60. The molecule has 0 aromatic heterocycles. The number of rotatable bonds is 5. The van der Waals surface area contributed by atoms with Gasteiger partial charge in [-0.2, -0.15) is 0 Å². The number of likely N-dealkylation sites (tertiary alicyclic amines) is 1. The van der Waals surface area contributed by atoms with Crippen molar-refractivity contribution in [2.24, 2.45) is 0 Å². The number of benzene rings is 2. The van der Waals surface area contributed by atoms with Gasteiger partial charge in [0, 0.05) is 11.0 Å². The van der Waals surface area contributed by atoms with Crippen LogP contribution in [0.3, 0.4) is 0 Å². The fraction of sp³-hybridized carbons (Fsp3) is 0.400. The van der Waals surface area contributed by atoms with E-state index in [-0.39, 0.29) is 0 Å². The molecule has 0 aliphatic carbocycles. The zero-order valence-electron chi connectivity index (χ0n) is 13.6. The second kappa shape index (κ2) is 7.16. The molecule has 0 bridgehead atoms. The summed E-state index contributed by atoms with van der Waals surface area (Å²) in [5, 5.41) is 10.8. The Bertz CT molecular complexity index is 645. The van der Waals surface area contributed by atoms with E-state index >= 15 is 0 Å². The van der Waals surface area contributed by atoms with E-state index in [0.717, 1.165) is 28.6 Å². The molecule has 1 saturated heterocycles. The number of hydrogen-bond donors (Lipinski definition) is 1. The maximum atomic E-state index is 10.8. The highest BCUT2D eigenvalue weighted by Gasteiger charge is 2.24. The molecule has 1 N–H and O–H groups in total. The van der Waals surface area contributed by atoms with Crippen LogP contribution in [0, 0.1) is 0 Å². The predicted molar refractivity (Wildman–Crippen MR) is 99.4 cm³/mol. The number of nitrogens with zero attached hydrogens (tertiary/aromatic N) is 1. The van der Waals surface area contributed by atoms with Crippen LogP contribution in [0.25, 0.3) is 11.1 Å². The molecule has 2 aromatic rings. The van der Waals surface area contributed by atoms with E-state index in [9.17, 15) is 5.11 Å². The highest BCUT2D eigenvalue weighted by Crippen LogP contribution is 2.31. The lowest BCUT2D eigenvalue weighted by Gasteiger charge is -2.27. The highest BCUT2D eigenvalue weighted by atomic mass is 79.9. The van der Waals surface area contributed by atoms with Crippen molar-refractivity contribution in [2.45, 2.75) is 31.8 Å². The minimum Gasteiger partial charge on any atom is -0.385 e. The van der Waals surface area contributed by atoms with Crippen LogP contribution >= 0.6 is 15.9 Å². The smallest absolute Gasteiger partial charge is 0.0880 e. The van der Waals surface area contributed by atoms with Gasteiger partial charge in [0.25, 0.3) is 0 Å². The number of hydrogen-bond acceptors (Lipinski definition) is 2. The Morgan fingerprint density at radius 1 is 1.04 bits per heavy atom. The second-order valence-electron chi connectivity index (χ2n) is 6.63. The third-order valence-electron chi connectivity index (χ3n) is 4.81. The lowest BCUT2D eigenvalue weighted by atomic mass is 9.91. The molecule has 0 saturated carbocycles. The van der Waals surface area contributed by atoms with Gasteiger partial charge in [-0.3, -0.25) is 0 Å². The Morgan fingerprint density at radius 3 is 2.35 bits per heavy atom. The lowest BCUT2D eigenvalue weighted by Crippen LogP contribution is -2.29. The van der Waals surface area contributed by atoms with Crippen LogP contribution in [0.15, 0.2) is 53.0 Å². The van der Waals surface area contributed by atoms with Crippen LogP contribution in [0.2, 0.25) is 0 Å². The van der Waals surface area contributed by atoms with Crippen LogP contribution in [-0.4, -0.2) is 29.6 Å². The van der Waals surface area contributed by atoms with Gasteiger partial charge in [-0.1, -0.05) is 58.4 Å². The molecule has 23 heavy (non-hydrogen) atoms. The molecular formula is C20H24BrNO. The number of aliphatic hydroxyl groups is 1. The van der Waals surface area contributed by atoms with Gasteiger partial charge in [-0.25, -0.2) is 0 Å². The first-order chi connectivity index (χ1) is 11.1. The summed E-state index contributed by atoms with van der Waals surface area (Å²) in [4.78, 5) is 2.45. The molecule has 1 unspecified atom stereocenters. The SMILES string of the molecule is CC(O)(CCN1CCCC1)c1ccc(-c2ccccc2Br)cc1. The minimum absolute atomic E-state index is 0.769. The third kappa shape index (κ3) is 4.03. The summed E-state index contributed by atoms with van der Waals surface area (Å²) in [5.74, 6) is 0. The van der Waals surface area contributed by atoms with Gasteiger partial charge in [-0.05, 0) is 62.0 Å². The van der Waals surface area contributed by atoms with Gasteiger partial charge in [0.1, 0.15) is 0 Å². The van der Waals surface area contributed by atoms with Crippen molar-refractivity contribution in [3.8, 4) is 11.1 Å². The van der Waals surface area contributed by atoms with Crippen LogP contribution in [-0.2, 0) is 5.60 Å². The van der Waals surface area contributed by atoms with Crippen molar-refractivity contribution in [1.29, 1.82) is 0 Å². The van der Waals surface area contributed by atoms with Crippen LogP contribution < -0.4 is 0 Å². The zero-order chi connectivity index (χ0) is 16.3. The first kappa shape index (κ1) is 16.7. The van der Waals surface area contributed by atoms with Crippen LogP contribution in [0.5, 0.6) is 0 Å². The maximum Gasteiger partial charge on any atom is 0.0880 e. The average molecular weight is 374 g/mol. The quantitative estimate of drug-likeness (QED) is 0.812. The van der Waals surface area contributed by atoms with E-state index < -0.39 is 5.60 Å². The maximum absolute atomic E-state index is 10.8. The van der Waals surface area contributed by atoms with Gasteiger partial charge in [0.05, 0.1) is 5.60 Å². The van der Waals surface area contributed by atoms with Gasteiger partial charge >= 0.3 is 0 Å². The lowest BCUT2D eigenvalue weighted by molar-refractivity contribution is 0.0383. The van der Waals surface area contributed by atoms with E-state index in [1.807, 2.05) is 19.1 Å². The fourth-order valence-electron chi connectivity index (χ4n) is 3.23. The summed E-state index contributed by atoms with van der Waals surface area (Å²) in [6.45, 7) is 5.25. The molecule has 3 rings (SSSR count). The van der Waals surface area contributed by atoms with Crippen molar-refractivity contribution >= 4 is 15.9 Å². The van der Waals surface area contributed by atoms with Gasteiger partial charge in [0.2, 0.25) is 0 Å². The van der Waals surface area contributed by atoms with E-state index in [1.54, 1.807) is 0 Å². The van der Waals surface area contributed by atoms with E-state index in [4.69, 9.17) is 0 Å². The monoisotopic (exact) mass is 373 g/mol. The van der Waals surface area contributed by atoms with Crippen molar-refractivity contribution < 1.29 is 5.11 Å². The van der Waals surface area contributed by atoms with Gasteiger partial charge < -0.3 is 10.0 Å². The van der Waals surface area contributed by atoms with E-state index in [0.29, 0.717) is 0 Å². The van der Waals surface area contributed by atoms with Crippen molar-refractivity contribution in [3.63, 3.8) is 0 Å². The van der Waals surface area contributed by atoms with Crippen molar-refractivity contribution in [3.05, 3.63) is 58.6 Å². The second-order valence-corrected chi connectivity index (χ2v) is 7.48. The molecule has 1 heterocycles. The summed E-state index contributed by atoms with van der Waals surface area (Å²) < 4.78 is 1.09. The predicted octanol–water partition coefficient (Wildman–Crippen LogP) is 4.81. The van der Waals surface area contributed by atoms with Crippen LogP contribution in [0.4, 0.5) is 0 Å². The Balaban J connectivity index is 1.71. The standard InChI is InChI=1S/C20H24BrNO/c1-20(23,12-15-22-13-4-5-14-22)17-10-8-16(9-11-17)18-6-2-3-7-19(18)21/h2-3,6-11,23H,4-5,12-15H2,1H3. The molecular weight excluding hydrogens is 350 g/mol. The molecule has 1 atom stereocenters. The summed E-state index contributed by atoms with van der Waals surface area (Å²) in [6.07, 6.45) is 3.37. The molecule has 0 amide bonds. The van der Waals surface area contributed by atoms with Crippen molar-refractivity contribution in [1.82, 2.24) is 4.90 Å². The molecule has 1 aliphatic rings. The zero-order valence-corrected chi connectivity index (χ0v) is 15.2. The highest BCUT2D eigenvalue weighted by molar-refractivity contribution is 9.10. The summed E-state index contributed by atoms with van der Waals surface area (Å²) in [5.41, 5.74) is 2.56. The van der Waals surface area contributed by atoms with Crippen LogP contribution in [0.1, 0.15) is 31.7 Å². The van der Waals surface area contributed by atoms with E-state index in [2.05, 4.69) is 57.2 Å². The minimum atomic E-state index is -0.769. The topological polar surface area (TPSA) is 23.5 Å². The molecule has 1 fully saturated rings. The van der Waals surface area contributed by atoms with E-state index in [1.165, 1.54) is 31.5 Å². The largest absolute Gasteiger partial charge is 0.385 e. The molecule has 0 radical (unpaired) electrons. The summed E-state index contributed by atoms with van der Waals surface area (Å²) in [7, 11) is 0. The van der Waals surface area contributed by atoms with Gasteiger partial charge in [0.15, 0.2) is 0 Å². The number of halogens is 1. The van der Waals surface area contributed by atoms with Crippen molar-refractivity contribution in [2.75, 3.05) is 19.6 Å². The molecule has 122 valence electrons. The Kier molecular flexibility index (Phi) is 5.20. The third-order valence-corrected chi connectivity index (χ3v) is 5.50. The Hall–Kier alpha value is -1.16. The summed E-state index contributed by atoms with van der Waals surface area (Å²) in [6, 6.07) is 16.5. The first-order valence-corrected chi connectivity index (χ1v) is 9.16. The molecule has 3 heteroatoms. The Labute approximate surface area is 147 Å². The average Bonchev–Trinajstić information content (AvgIpc) is 3.07. The fourth-order valence-corrected chi connectivity index (χ4v) is 3.74. The normalized spacial score (nSPS) is 18.0. The molecule has 2 nitrogen and oxygen atoms in total. The molecule has 2 aromatic carbocycles. The molecule has 1 aliphatic heterocycles. The first-order valence-electron chi connectivity index (χ1n) is 8.36. The van der Waals surface area contributed by atoms with Gasteiger partial charge in [-0.15, -0.1) is 0 Å².